The molecule has 5 rings (SSSR count). The predicted octanol–water partition coefficient (Wildman–Crippen LogP) is 3.72. The van der Waals surface area contributed by atoms with Gasteiger partial charge in [-0.1, -0.05) is 41.9 Å². The molecule has 4 aromatic rings. The average molecular weight is 450 g/mol. The number of hydrogen-bond acceptors (Lipinski definition) is 4. The van der Waals surface area contributed by atoms with Crippen LogP contribution in [0.4, 0.5) is 11.6 Å². The predicted molar refractivity (Wildman–Crippen MR) is 127 cm³/mol. The zero-order chi connectivity index (χ0) is 22.2. The number of aromatic nitrogens is 4. The van der Waals surface area contributed by atoms with Gasteiger partial charge in [0.1, 0.15) is 0 Å². The van der Waals surface area contributed by atoms with Crippen LogP contribution in [0, 0.1) is 0 Å². The Kier molecular flexibility index (Phi) is 5.35. The van der Waals surface area contributed by atoms with Gasteiger partial charge in [0, 0.05) is 37.4 Å². The molecule has 2 aromatic carbocycles. The molecule has 0 spiro atoms. The van der Waals surface area contributed by atoms with Crippen molar-refractivity contribution in [1.29, 1.82) is 0 Å². The van der Waals surface area contributed by atoms with Crippen molar-refractivity contribution in [3.63, 3.8) is 0 Å². The summed E-state index contributed by atoms with van der Waals surface area (Å²) in [5, 5.41) is 0.667. The Bertz CT molecular complexity index is 1390. The van der Waals surface area contributed by atoms with Gasteiger partial charge in [-0.2, -0.15) is 4.98 Å². The van der Waals surface area contributed by atoms with Crippen LogP contribution in [0.25, 0.3) is 11.2 Å². The standard InChI is InChI=1S/C24H24ClN5O2/c1-27-21-20(22(31)30(24(27)32)14-5-9-17-7-3-2-4-8-17)29-16-6-15-28(23(29)26-21)19-12-10-18(25)11-13-19/h2-4,7-8,10-13H,5-6,9,14-16H2,1H3. The van der Waals surface area contributed by atoms with Crippen molar-refractivity contribution in [2.45, 2.75) is 32.4 Å². The highest BCUT2D eigenvalue weighted by molar-refractivity contribution is 6.30. The first-order valence-electron chi connectivity index (χ1n) is 10.8. The van der Waals surface area contributed by atoms with Crippen molar-refractivity contribution in [2.75, 3.05) is 11.4 Å². The molecule has 0 amide bonds. The maximum Gasteiger partial charge on any atom is 0.332 e. The first-order chi connectivity index (χ1) is 15.5. The molecule has 32 heavy (non-hydrogen) atoms. The van der Waals surface area contributed by atoms with Crippen LogP contribution in [0.2, 0.25) is 5.02 Å². The van der Waals surface area contributed by atoms with E-state index in [0.717, 1.165) is 25.1 Å². The minimum absolute atomic E-state index is 0.270. The average Bonchev–Trinajstić information content (AvgIpc) is 3.21. The Morgan fingerprint density at radius 3 is 2.50 bits per heavy atom. The summed E-state index contributed by atoms with van der Waals surface area (Å²) in [4.78, 5) is 33.2. The third-order valence-corrected chi connectivity index (χ3v) is 6.30. The molecule has 0 unspecified atom stereocenters. The van der Waals surface area contributed by atoms with E-state index >= 15 is 0 Å². The van der Waals surface area contributed by atoms with Gasteiger partial charge in [-0.05, 0) is 49.1 Å². The lowest BCUT2D eigenvalue weighted by atomic mass is 10.1. The molecule has 0 saturated heterocycles. The molecule has 0 fully saturated rings. The van der Waals surface area contributed by atoms with Crippen molar-refractivity contribution >= 4 is 34.4 Å². The largest absolute Gasteiger partial charge is 0.332 e. The second kappa shape index (κ2) is 8.31. The van der Waals surface area contributed by atoms with E-state index in [-0.39, 0.29) is 11.2 Å². The second-order valence-corrected chi connectivity index (χ2v) is 8.54. The van der Waals surface area contributed by atoms with Crippen LogP contribution < -0.4 is 16.1 Å². The fourth-order valence-electron chi connectivity index (χ4n) is 4.41. The highest BCUT2D eigenvalue weighted by Crippen LogP contribution is 2.31. The SMILES string of the molecule is Cn1c(=O)n(CCCc2ccccc2)c(=O)c2c1nc1n2CCCN1c1ccc(Cl)cc1. The van der Waals surface area contributed by atoms with E-state index in [1.807, 2.05) is 47.0 Å². The Morgan fingerprint density at radius 1 is 1.00 bits per heavy atom. The molecule has 1 aliphatic heterocycles. The van der Waals surface area contributed by atoms with Gasteiger partial charge in [0.25, 0.3) is 5.56 Å². The minimum atomic E-state index is -0.330. The molecule has 0 N–H and O–H groups in total. The summed E-state index contributed by atoms with van der Waals surface area (Å²) in [6, 6.07) is 17.7. The third kappa shape index (κ3) is 3.52. The Balaban J connectivity index is 1.55. The maximum absolute atomic E-state index is 13.4. The first kappa shape index (κ1) is 20.6. The number of anilines is 2. The molecular weight excluding hydrogens is 426 g/mol. The van der Waals surface area contributed by atoms with Gasteiger partial charge in [-0.25, -0.2) is 4.79 Å². The highest BCUT2D eigenvalue weighted by atomic mass is 35.5. The van der Waals surface area contributed by atoms with Crippen LogP contribution in [0.1, 0.15) is 18.4 Å². The zero-order valence-electron chi connectivity index (χ0n) is 17.9. The van der Waals surface area contributed by atoms with Gasteiger partial charge in [0.2, 0.25) is 5.95 Å². The van der Waals surface area contributed by atoms with Crippen molar-refractivity contribution in [1.82, 2.24) is 18.7 Å². The fourth-order valence-corrected chi connectivity index (χ4v) is 4.54. The number of hydrogen-bond donors (Lipinski definition) is 0. The van der Waals surface area contributed by atoms with E-state index in [0.29, 0.717) is 41.6 Å². The van der Waals surface area contributed by atoms with E-state index in [2.05, 4.69) is 17.0 Å². The molecular formula is C24H24ClN5O2. The molecule has 0 bridgehead atoms. The van der Waals surface area contributed by atoms with Crippen molar-refractivity contribution in [3.05, 3.63) is 86.0 Å². The number of aryl methyl sites for hydroxylation is 3. The minimum Gasteiger partial charge on any atom is -0.312 e. The van der Waals surface area contributed by atoms with Crippen LogP contribution >= 0.6 is 11.6 Å². The maximum atomic E-state index is 13.4. The number of fused-ring (bicyclic) bond motifs is 3. The van der Waals surface area contributed by atoms with Gasteiger partial charge < -0.3 is 9.47 Å². The van der Waals surface area contributed by atoms with E-state index in [1.165, 1.54) is 14.7 Å². The lowest BCUT2D eigenvalue weighted by Crippen LogP contribution is -2.40. The molecule has 0 aliphatic carbocycles. The summed E-state index contributed by atoms with van der Waals surface area (Å²) in [7, 11) is 1.68. The van der Waals surface area contributed by atoms with E-state index < -0.39 is 0 Å². The summed E-state index contributed by atoms with van der Waals surface area (Å²) < 4.78 is 4.79. The molecule has 2 aromatic heterocycles. The molecule has 8 heteroatoms. The topological polar surface area (TPSA) is 65.1 Å². The molecule has 164 valence electrons. The first-order valence-corrected chi connectivity index (χ1v) is 11.2. The molecule has 3 heterocycles. The Labute approximate surface area is 190 Å². The summed E-state index contributed by atoms with van der Waals surface area (Å²) >= 11 is 6.05. The molecule has 0 saturated carbocycles. The normalized spacial score (nSPS) is 13.5. The summed E-state index contributed by atoms with van der Waals surface area (Å²) in [6.07, 6.45) is 2.39. The smallest absolute Gasteiger partial charge is 0.312 e. The molecule has 0 radical (unpaired) electrons. The Hall–Kier alpha value is -3.32. The van der Waals surface area contributed by atoms with Gasteiger partial charge in [0.15, 0.2) is 11.2 Å². The molecule has 1 aliphatic rings. The highest BCUT2D eigenvalue weighted by Gasteiger charge is 2.26. The quantitative estimate of drug-likeness (QED) is 0.465. The van der Waals surface area contributed by atoms with Crippen LogP contribution in [0.3, 0.4) is 0 Å². The van der Waals surface area contributed by atoms with E-state index in [1.54, 1.807) is 7.05 Å². The zero-order valence-corrected chi connectivity index (χ0v) is 18.6. The summed E-state index contributed by atoms with van der Waals surface area (Å²) in [5.41, 5.74) is 2.46. The number of nitrogens with zero attached hydrogens (tertiary/aromatic N) is 5. The van der Waals surface area contributed by atoms with Crippen molar-refractivity contribution < 1.29 is 0 Å². The monoisotopic (exact) mass is 449 g/mol. The number of benzene rings is 2. The number of imidazole rings is 1. The lowest BCUT2D eigenvalue weighted by molar-refractivity contribution is 0.565. The van der Waals surface area contributed by atoms with Gasteiger partial charge in [0.05, 0.1) is 0 Å². The Morgan fingerprint density at radius 2 is 1.75 bits per heavy atom. The van der Waals surface area contributed by atoms with Gasteiger partial charge in [-0.3, -0.25) is 13.9 Å². The van der Waals surface area contributed by atoms with Crippen LogP contribution in [-0.2, 0) is 26.6 Å². The van der Waals surface area contributed by atoms with Crippen LogP contribution in [0.5, 0.6) is 0 Å². The second-order valence-electron chi connectivity index (χ2n) is 8.10. The van der Waals surface area contributed by atoms with Crippen molar-refractivity contribution in [2.24, 2.45) is 7.05 Å². The van der Waals surface area contributed by atoms with E-state index in [4.69, 9.17) is 16.6 Å². The van der Waals surface area contributed by atoms with Gasteiger partial charge in [-0.15, -0.1) is 0 Å². The molecule has 7 nitrogen and oxygen atoms in total. The lowest BCUT2D eigenvalue weighted by Gasteiger charge is -2.29. The van der Waals surface area contributed by atoms with Crippen LogP contribution in [0.15, 0.2) is 64.2 Å². The molecule has 0 atom stereocenters. The number of halogens is 1. The van der Waals surface area contributed by atoms with Crippen molar-refractivity contribution in [3.8, 4) is 0 Å². The number of rotatable bonds is 5. The van der Waals surface area contributed by atoms with Gasteiger partial charge >= 0.3 is 5.69 Å². The summed E-state index contributed by atoms with van der Waals surface area (Å²) in [5.74, 6) is 0.683. The third-order valence-electron chi connectivity index (χ3n) is 6.05. The van der Waals surface area contributed by atoms with Crippen LogP contribution in [-0.4, -0.2) is 25.2 Å². The van der Waals surface area contributed by atoms with E-state index in [9.17, 15) is 9.59 Å². The fraction of sp³-hybridized carbons (Fsp3) is 0.292. The summed E-state index contributed by atoms with van der Waals surface area (Å²) in [6.45, 7) is 1.84.